The molecule has 5 unspecified atom stereocenters. The van der Waals surface area contributed by atoms with Crippen molar-refractivity contribution in [2.24, 2.45) is 17.8 Å². The number of hydrogen-bond acceptors (Lipinski definition) is 4. The fraction of sp³-hybridized carbons (Fsp3) is 0.679. The molecule has 2 saturated heterocycles. The van der Waals surface area contributed by atoms with Crippen LogP contribution in [0.5, 0.6) is 0 Å². The zero-order valence-electron chi connectivity index (χ0n) is 22.7. The Morgan fingerprint density at radius 2 is 1.92 bits per heavy atom. The lowest BCUT2D eigenvalue weighted by Gasteiger charge is -2.50. The summed E-state index contributed by atoms with van der Waals surface area (Å²) >= 11 is 0. The van der Waals surface area contributed by atoms with Gasteiger partial charge in [0.15, 0.2) is 6.29 Å². The number of amides is 4. The Morgan fingerprint density at radius 1 is 1.17 bits per heavy atom. The first-order valence-corrected chi connectivity index (χ1v) is 13.6. The summed E-state index contributed by atoms with van der Waals surface area (Å²) < 4.78 is 0. The van der Waals surface area contributed by atoms with Gasteiger partial charge in [-0.25, -0.2) is 4.79 Å². The summed E-state index contributed by atoms with van der Waals surface area (Å²) in [5.41, 5.74) is 6.74. The average Bonchev–Trinajstić information content (AvgIpc) is 3.16. The quantitative estimate of drug-likeness (QED) is 0.570. The highest BCUT2D eigenvalue weighted by Gasteiger charge is 2.55. The van der Waals surface area contributed by atoms with Crippen LogP contribution in [0.15, 0.2) is 18.2 Å². The van der Waals surface area contributed by atoms with Gasteiger partial charge in [0, 0.05) is 24.5 Å². The minimum atomic E-state index is -0.508. The van der Waals surface area contributed by atoms with Gasteiger partial charge in [0.1, 0.15) is 0 Å². The number of rotatable bonds is 8. The normalized spacial score (nSPS) is 26.8. The monoisotopic (exact) mass is 497 g/mol. The van der Waals surface area contributed by atoms with Crippen molar-refractivity contribution < 1.29 is 14.4 Å². The summed E-state index contributed by atoms with van der Waals surface area (Å²) in [4.78, 5) is 44.3. The van der Waals surface area contributed by atoms with Crippen LogP contribution in [0, 0.1) is 31.6 Å². The fourth-order valence-corrected chi connectivity index (χ4v) is 5.70. The van der Waals surface area contributed by atoms with Gasteiger partial charge >= 0.3 is 6.03 Å². The Morgan fingerprint density at radius 3 is 2.61 bits per heavy atom. The second-order valence-corrected chi connectivity index (χ2v) is 11.4. The van der Waals surface area contributed by atoms with E-state index in [0.29, 0.717) is 38.3 Å². The van der Waals surface area contributed by atoms with Crippen molar-refractivity contribution in [3.8, 4) is 0 Å². The molecule has 36 heavy (non-hydrogen) atoms. The van der Waals surface area contributed by atoms with Crippen molar-refractivity contribution >= 4 is 17.8 Å². The van der Waals surface area contributed by atoms with Crippen molar-refractivity contribution in [2.75, 3.05) is 6.54 Å². The van der Waals surface area contributed by atoms with Crippen LogP contribution in [-0.4, -0.2) is 57.6 Å². The van der Waals surface area contributed by atoms with Crippen molar-refractivity contribution in [3.05, 3.63) is 34.9 Å². The first-order valence-electron chi connectivity index (χ1n) is 13.6. The van der Waals surface area contributed by atoms with E-state index in [2.05, 4.69) is 63.6 Å². The highest BCUT2D eigenvalue weighted by atomic mass is 16.2. The SMILES string of the molecule is CCC(C)NC(=O)C1CCC2C(=O)N(CCC(C)C)C3NN(Cc4cc(C)ccc4C)C(=O)N3C2C1. The molecule has 198 valence electrons. The molecule has 1 aromatic carbocycles. The molecule has 2 aliphatic heterocycles. The number of carbonyl (C=O) groups excluding carboxylic acids is 3. The van der Waals surface area contributed by atoms with Gasteiger partial charge in [0.05, 0.1) is 12.5 Å². The zero-order chi connectivity index (χ0) is 26.1. The van der Waals surface area contributed by atoms with Crippen LogP contribution in [0.1, 0.15) is 76.5 Å². The molecule has 8 heteroatoms. The van der Waals surface area contributed by atoms with Crippen molar-refractivity contribution in [3.63, 3.8) is 0 Å². The predicted octanol–water partition coefficient (Wildman–Crippen LogP) is 3.92. The van der Waals surface area contributed by atoms with Crippen LogP contribution in [0.2, 0.25) is 0 Å². The van der Waals surface area contributed by atoms with E-state index in [0.717, 1.165) is 29.5 Å². The molecule has 3 aliphatic rings. The average molecular weight is 498 g/mol. The van der Waals surface area contributed by atoms with Gasteiger partial charge in [-0.15, -0.1) is 0 Å². The Kier molecular flexibility index (Phi) is 7.93. The smallest absolute Gasteiger partial charge is 0.337 e. The Balaban J connectivity index is 1.60. The van der Waals surface area contributed by atoms with Crippen molar-refractivity contribution in [2.45, 2.75) is 98.6 Å². The van der Waals surface area contributed by atoms with E-state index in [1.165, 1.54) is 0 Å². The summed E-state index contributed by atoms with van der Waals surface area (Å²) in [7, 11) is 0. The summed E-state index contributed by atoms with van der Waals surface area (Å²) in [6, 6.07) is 6.00. The van der Waals surface area contributed by atoms with E-state index in [-0.39, 0.29) is 41.8 Å². The van der Waals surface area contributed by atoms with Gasteiger partial charge in [-0.2, -0.15) is 5.43 Å². The second kappa shape index (κ2) is 10.8. The number of nitrogens with one attached hydrogen (secondary N) is 2. The molecule has 1 aliphatic carbocycles. The third kappa shape index (κ3) is 5.24. The largest absolute Gasteiger partial charge is 0.353 e. The molecule has 4 amide bonds. The third-order valence-electron chi connectivity index (χ3n) is 8.21. The third-order valence-corrected chi connectivity index (χ3v) is 8.21. The van der Waals surface area contributed by atoms with Crippen LogP contribution in [0.25, 0.3) is 0 Å². The Hall–Kier alpha value is -2.61. The van der Waals surface area contributed by atoms with E-state index < -0.39 is 6.29 Å². The molecule has 4 rings (SSSR count). The minimum absolute atomic E-state index is 0.0425. The summed E-state index contributed by atoms with van der Waals surface area (Å²) in [5, 5.41) is 4.77. The maximum Gasteiger partial charge on any atom is 0.337 e. The maximum absolute atomic E-state index is 13.8. The van der Waals surface area contributed by atoms with Gasteiger partial charge in [0.25, 0.3) is 0 Å². The van der Waals surface area contributed by atoms with E-state index in [4.69, 9.17) is 0 Å². The molecule has 0 bridgehead atoms. The Labute approximate surface area is 215 Å². The molecule has 0 spiro atoms. The number of hydrazine groups is 1. The summed E-state index contributed by atoms with van der Waals surface area (Å²) in [6.45, 7) is 13.5. The molecule has 2 N–H and O–H groups in total. The number of fused-ring (bicyclic) bond motifs is 3. The van der Waals surface area contributed by atoms with E-state index in [9.17, 15) is 14.4 Å². The molecular formula is C28H43N5O3. The highest BCUT2D eigenvalue weighted by molar-refractivity contribution is 5.87. The van der Waals surface area contributed by atoms with Gasteiger partial charge < -0.3 is 10.2 Å². The van der Waals surface area contributed by atoms with E-state index in [1.807, 2.05) is 16.7 Å². The number of hydrogen-bond donors (Lipinski definition) is 2. The van der Waals surface area contributed by atoms with Gasteiger partial charge in [0.2, 0.25) is 11.8 Å². The fourth-order valence-electron chi connectivity index (χ4n) is 5.70. The highest BCUT2D eigenvalue weighted by Crippen LogP contribution is 2.41. The van der Waals surface area contributed by atoms with Gasteiger partial charge in [-0.05, 0) is 69.9 Å². The number of aryl methyl sites for hydroxylation is 2. The lowest BCUT2D eigenvalue weighted by atomic mass is 9.75. The Bertz CT molecular complexity index is 995. The number of nitrogens with zero attached hydrogens (tertiary/aromatic N) is 3. The first kappa shape index (κ1) is 26.5. The van der Waals surface area contributed by atoms with Crippen LogP contribution in [-0.2, 0) is 16.1 Å². The molecule has 3 fully saturated rings. The lowest BCUT2D eigenvalue weighted by Crippen LogP contribution is -2.67. The number of carbonyl (C=O) groups is 3. The lowest BCUT2D eigenvalue weighted by molar-refractivity contribution is -0.159. The van der Waals surface area contributed by atoms with Crippen LogP contribution in [0.4, 0.5) is 4.79 Å². The topological polar surface area (TPSA) is 85.0 Å². The first-order chi connectivity index (χ1) is 17.1. The van der Waals surface area contributed by atoms with Gasteiger partial charge in [-0.1, -0.05) is 44.5 Å². The van der Waals surface area contributed by atoms with Crippen molar-refractivity contribution in [1.82, 2.24) is 25.6 Å². The van der Waals surface area contributed by atoms with Crippen molar-refractivity contribution in [1.29, 1.82) is 0 Å². The number of benzene rings is 1. The summed E-state index contributed by atoms with van der Waals surface area (Å²) in [5.74, 6) is 0.161. The molecule has 1 aromatic rings. The standard InChI is InChI=1S/C28H43N5O3/c1-7-20(6)29-25(34)21-10-11-23-24(15-21)33-27(31(26(23)35)13-12-17(2)3)30-32(28(33)36)16-22-14-18(4)8-9-19(22)5/h8-9,14,17,20-21,23-24,27,30H,7,10-13,15-16H2,1-6H3,(H,29,34). The van der Waals surface area contributed by atoms with Crippen LogP contribution < -0.4 is 10.7 Å². The molecule has 0 aromatic heterocycles. The van der Waals surface area contributed by atoms with Gasteiger partial charge in [-0.3, -0.25) is 19.5 Å². The molecule has 5 atom stereocenters. The molecule has 2 heterocycles. The predicted molar refractivity (Wildman–Crippen MR) is 139 cm³/mol. The van der Waals surface area contributed by atoms with E-state index in [1.54, 1.807) is 5.01 Å². The second-order valence-electron chi connectivity index (χ2n) is 11.4. The minimum Gasteiger partial charge on any atom is -0.353 e. The van der Waals surface area contributed by atoms with Crippen LogP contribution >= 0.6 is 0 Å². The van der Waals surface area contributed by atoms with E-state index >= 15 is 0 Å². The zero-order valence-corrected chi connectivity index (χ0v) is 22.7. The molecular weight excluding hydrogens is 454 g/mol. The molecule has 0 radical (unpaired) electrons. The maximum atomic E-state index is 13.8. The molecule has 8 nitrogen and oxygen atoms in total. The molecule has 1 saturated carbocycles. The number of urea groups is 1. The van der Waals surface area contributed by atoms with Crippen LogP contribution in [0.3, 0.4) is 0 Å². The summed E-state index contributed by atoms with van der Waals surface area (Å²) in [6.07, 6.45) is 3.08.